The van der Waals surface area contributed by atoms with Crippen LogP contribution in [0.15, 0.2) is 11.4 Å². The Balaban J connectivity index is 2.29. The van der Waals surface area contributed by atoms with E-state index in [1.807, 2.05) is 25.3 Å². The molecule has 0 aliphatic heterocycles. The summed E-state index contributed by atoms with van der Waals surface area (Å²) in [6.07, 6.45) is 1.26. The predicted octanol–water partition coefficient (Wildman–Crippen LogP) is 2.34. The molecule has 4 heteroatoms. The maximum Gasteiger partial charge on any atom is 0.225 e. The van der Waals surface area contributed by atoms with Crippen molar-refractivity contribution in [1.29, 1.82) is 0 Å². The van der Waals surface area contributed by atoms with E-state index in [1.165, 1.54) is 11.5 Å². The molecule has 0 bridgehead atoms. The highest BCUT2D eigenvalue weighted by molar-refractivity contribution is 7.03. The van der Waals surface area contributed by atoms with Gasteiger partial charge >= 0.3 is 0 Å². The van der Waals surface area contributed by atoms with Gasteiger partial charge in [-0.05, 0) is 25.4 Å². The van der Waals surface area contributed by atoms with Crippen molar-refractivity contribution in [1.82, 2.24) is 4.37 Å². The van der Waals surface area contributed by atoms with E-state index in [9.17, 15) is 0 Å². The Labute approximate surface area is 82.8 Å². The summed E-state index contributed by atoms with van der Waals surface area (Å²) in [5.74, 6) is 0.709. The lowest BCUT2D eigenvalue weighted by Crippen LogP contribution is -2.19. The van der Waals surface area contributed by atoms with Crippen LogP contribution in [0.1, 0.15) is 20.3 Å². The minimum absolute atomic E-state index is 0.150. The molecule has 0 N–H and O–H groups in total. The number of aromatic nitrogens is 1. The van der Waals surface area contributed by atoms with E-state index in [0.29, 0.717) is 5.88 Å². The van der Waals surface area contributed by atoms with Crippen LogP contribution in [0.25, 0.3) is 0 Å². The first-order valence-electron chi connectivity index (χ1n) is 4.32. The van der Waals surface area contributed by atoms with Gasteiger partial charge < -0.3 is 9.47 Å². The lowest BCUT2D eigenvalue weighted by molar-refractivity contribution is 0.0707. The zero-order valence-electron chi connectivity index (χ0n) is 8.19. The third-order valence-electron chi connectivity index (χ3n) is 1.80. The van der Waals surface area contributed by atoms with Crippen LogP contribution in [0.2, 0.25) is 0 Å². The summed E-state index contributed by atoms with van der Waals surface area (Å²) < 4.78 is 14.8. The molecule has 1 rings (SSSR count). The molecule has 1 aromatic heterocycles. The fraction of sp³-hybridized carbons (Fsp3) is 0.667. The lowest BCUT2D eigenvalue weighted by Gasteiger charge is -2.16. The highest BCUT2D eigenvalue weighted by atomic mass is 32.1. The van der Waals surface area contributed by atoms with Crippen molar-refractivity contribution in [3.63, 3.8) is 0 Å². The molecule has 0 fully saturated rings. The van der Waals surface area contributed by atoms with E-state index in [4.69, 9.17) is 9.47 Å². The summed E-state index contributed by atoms with van der Waals surface area (Å²) in [6, 6.07) is 1.87. The normalized spacial score (nSPS) is 15.3. The molecule has 2 unspecified atom stereocenters. The van der Waals surface area contributed by atoms with Crippen molar-refractivity contribution >= 4 is 11.5 Å². The average Bonchev–Trinajstić information content (AvgIpc) is 2.56. The number of methoxy groups -OCH3 is 1. The zero-order chi connectivity index (χ0) is 9.68. The highest BCUT2D eigenvalue weighted by Crippen LogP contribution is 2.13. The third kappa shape index (κ3) is 3.74. The molecule has 1 aromatic rings. The SMILES string of the molecule is COC(C)CC(C)Oc1ccsn1. The van der Waals surface area contributed by atoms with E-state index in [-0.39, 0.29) is 12.2 Å². The van der Waals surface area contributed by atoms with Gasteiger partial charge in [0.15, 0.2) is 0 Å². The van der Waals surface area contributed by atoms with E-state index in [2.05, 4.69) is 4.37 Å². The number of nitrogens with zero attached hydrogens (tertiary/aromatic N) is 1. The van der Waals surface area contributed by atoms with E-state index in [1.54, 1.807) is 7.11 Å². The molecular weight excluding hydrogens is 186 g/mol. The summed E-state index contributed by atoms with van der Waals surface area (Å²) in [5.41, 5.74) is 0. The second-order valence-electron chi connectivity index (χ2n) is 3.05. The number of rotatable bonds is 5. The summed E-state index contributed by atoms with van der Waals surface area (Å²) in [5, 5.41) is 1.90. The van der Waals surface area contributed by atoms with Crippen molar-refractivity contribution in [2.24, 2.45) is 0 Å². The van der Waals surface area contributed by atoms with Gasteiger partial charge in [0, 0.05) is 25.0 Å². The largest absolute Gasteiger partial charge is 0.474 e. The first-order chi connectivity index (χ1) is 6.22. The van der Waals surface area contributed by atoms with Crippen molar-refractivity contribution in [3.05, 3.63) is 11.4 Å². The Morgan fingerprint density at radius 1 is 1.46 bits per heavy atom. The summed E-state index contributed by atoms with van der Waals surface area (Å²) in [4.78, 5) is 0. The second-order valence-corrected chi connectivity index (χ2v) is 3.71. The second kappa shape index (κ2) is 5.19. The highest BCUT2D eigenvalue weighted by Gasteiger charge is 2.09. The van der Waals surface area contributed by atoms with Crippen LogP contribution in [0.4, 0.5) is 0 Å². The lowest BCUT2D eigenvalue weighted by atomic mass is 10.2. The Bertz CT molecular complexity index is 226. The van der Waals surface area contributed by atoms with E-state index in [0.717, 1.165) is 6.42 Å². The summed E-state index contributed by atoms with van der Waals surface area (Å²) >= 11 is 1.40. The van der Waals surface area contributed by atoms with Gasteiger partial charge in [-0.3, -0.25) is 0 Å². The molecule has 3 nitrogen and oxygen atoms in total. The average molecular weight is 201 g/mol. The minimum Gasteiger partial charge on any atom is -0.474 e. The van der Waals surface area contributed by atoms with Gasteiger partial charge in [-0.2, -0.15) is 4.37 Å². The summed E-state index contributed by atoms with van der Waals surface area (Å²) in [6.45, 7) is 4.05. The number of ether oxygens (including phenoxy) is 2. The monoisotopic (exact) mass is 201 g/mol. The standard InChI is InChI=1S/C9H15NO2S/c1-7(11-3)6-8(2)12-9-4-5-13-10-9/h4-5,7-8H,6H2,1-3H3. The molecule has 0 aromatic carbocycles. The maximum absolute atomic E-state index is 5.55. The maximum atomic E-state index is 5.55. The van der Waals surface area contributed by atoms with Gasteiger partial charge in [0.25, 0.3) is 0 Å². The zero-order valence-corrected chi connectivity index (χ0v) is 9.00. The van der Waals surface area contributed by atoms with Crippen molar-refractivity contribution in [2.75, 3.05) is 7.11 Å². The molecule has 0 aliphatic carbocycles. The topological polar surface area (TPSA) is 31.4 Å². The first-order valence-corrected chi connectivity index (χ1v) is 5.16. The van der Waals surface area contributed by atoms with Crippen LogP contribution in [-0.4, -0.2) is 23.7 Å². The molecule has 0 saturated heterocycles. The van der Waals surface area contributed by atoms with Crippen LogP contribution in [0.5, 0.6) is 5.88 Å². The van der Waals surface area contributed by atoms with Crippen LogP contribution < -0.4 is 4.74 Å². The molecule has 1 heterocycles. The molecule has 0 spiro atoms. The fourth-order valence-corrected chi connectivity index (χ4v) is 1.53. The Kier molecular flexibility index (Phi) is 4.18. The van der Waals surface area contributed by atoms with Crippen LogP contribution >= 0.6 is 11.5 Å². The Morgan fingerprint density at radius 2 is 2.23 bits per heavy atom. The van der Waals surface area contributed by atoms with Gasteiger partial charge in [0.1, 0.15) is 6.10 Å². The number of hydrogen-bond acceptors (Lipinski definition) is 4. The van der Waals surface area contributed by atoms with Gasteiger partial charge in [-0.1, -0.05) is 0 Å². The molecule has 0 amide bonds. The smallest absolute Gasteiger partial charge is 0.225 e. The molecular formula is C9H15NO2S. The molecule has 13 heavy (non-hydrogen) atoms. The van der Waals surface area contributed by atoms with Gasteiger partial charge in [-0.25, -0.2) is 0 Å². The molecule has 2 atom stereocenters. The molecule has 74 valence electrons. The first kappa shape index (κ1) is 10.5. The van der Waals surface area contributed by atoms with Crippen molar-refractivity contribution in [2.45, 2.75) is 32.5 Å². The Hall–Kier alpha value is -0.610. The van der Waals surface area contributed by atoms with Gasteiger partial charge in [0.2, 0.25) is 5.88 Å². The third-order valence-corrected chi connectivity index (χ3v) is 2.35. The minimum atomic E-state index is 0.150. The fourth-order valence-electron chi connectivity index (χ4n) is 1.08. The molecule has 0 radical (unpaired) electrons. The summed E-state index contributed by atoms with van der Waals surface area (Å²) in [7, 11) is 1.71. The van der Waals surface area contributed by atoms with Gasteiger partial charge in [-0.15, -0.1) is 0 Å². The van der Waals surface area contributed by atoms with E-state index >= 15 is 0 Å². The molecule has 0 aliphatic rings. The predicted molar refractivity (Wildman–Crippen MR) is 53.3 cm³/mol. The van der Waals surface area contributed by atoms with Crippen molar-refractivity contribution < 1.29 is 9.47 Å². The number of hydrogen-bond donors (Lipinski definition) is 0. The van der Waals surface area contributed by atoms with Crippen LogP contribution in [-0.2, 0) is 4.74 Å². The van der Waals surface area contributed by atoms with E-state index < -0.39 is 0 Å². The van der Waals surface area contributed by atoms with Gasteiger partial charge in [0.05, 0.1) is 6.10 Å². The Morgan fingerprint density at radius 3 is 2.77 bits per heavy atom. The van der Waals surface area contributed by atoms with Crippen molar-refractivity contribution in [3.8, 4) is 5.88 Å². The van der Waals surface area contributed by atoms with Crippen LogP contribution in [0, 0.1) is 0 Å². The molecule has 0 saturated carbocycles. The quantitative estimate of drug-likeness (QED) is 0.732. The van der Waals surface area contributed by atoms with Crippen LogP contribution in [0.3, 0.4) is 0 Å².